The fourth-order valence-electron chi connectivity index (χ4n) is 3.35. The predicted molar refractivity (Wildman–Crippen MR) is 90.9 cm³/mol. The van der Waals surface area contributed by atoms with Crippen molar-refractivity contribution >= 4 is 6.21 Å². The summed E-state index contributed by atoms with van der Waals surface area (Å²) in [4.78, 5) is 2.46. The lowest BCUT2D eigenvalue weighted by Gasteiger charge is -2.29. The molecule has 2 N–H and O–H groups in total. The van der Waals surface area contributed by atoms with E-state index in [2.05, 4.69) is 54.8 Å². The van der Waals surface area contributed by atoms with Gasteiger partial charge < -0.3 is 22.8 Å². The highest BCUT2D eigenvalue weighted by atomic mass is 35.5. The summed E-state index contributed by atoms with van der Waals surface area (Å²) in [5.74, 6) is 1.69. The van der Waals surface area contributed by atoms with Crippen LogP contribution in [0.5, 0.6) is 0 Å². The molecule has 3 nitrogen and oxygen atoms in total. The van der Waals surface area contributed by atoms with Gasteiger partial charge in [-0.3, -0.25) is 0 Å². The van der Waals surface area contributed by atoms with Crippen LogP contribution in [0.4, 0.5) is 0 Å². The number of hydrogen-bond acceptors (Lipinski definition) is 1. The molecule has 2 rings (SSSR count). The van der Waals surface area contributed by atoms with Gasteiger partial charge in [-0.15, -0.1) is 0 Å². The minimum atomic E-state index is 0. The van der Waals surface area contributed by atoms with Gasteiger partial charge >= 0.3 is 0 Å². The number of halogens is 1. The first-order chi connectivity index (χ1) is 9.63. The fraction of sp³-hybridized carbons (Fsp3) is 0.722. The minimum absolute atomic E-state index is 0. The Morgan fingerprint density at radius 3 is 2.55 bits per heavy atom. The van der Waals surface area contributed by atoms with Gasteiger partial charge in [-0.05, 0) is 44.4 Å². The number of nitrogens with zero attached hydrogens (tertiary/aromatic N) is 2. The van der Waals surface area contributed by atoms with Crippen molar-refractivity contribution < 1.29 is 22.5 Å². The summed E-state index contributed by atoms with van der Waals surface area (Å²) in [5, 5.41) is 0. The molecule has 0 bridgehead atoms. The molecule has 0 aromatic heterocycles. The van der Waals surface area contributed by atoms with Crippen LogP contribution in [0.1, 0.15) is 46.5 Å². The first kappa shape index (κ1) is 21.2. The SMILES string of the molecule is C/C(C=[N+]1CCCC(C)C1)=C\C=C\N1CCCC(C)C1.O.[Cl-]. The van der Waals surface area contributed by atoms with Crippen LogP contribution in [0.2, 0.25) is 0 Å². The van der Waals surface area contributed by atoms with E-state index in [1.165, 1.54) is 57.4 Å². The molecular weight excluding hydrogens is 296 g/mol. The molecule has 0 spiro atoms. The molecule has 128 valence electrons. The quantitative estimate of drug-likeness (QED) is 0.525. The lowest BCUT2D eigenvalue weighted by molar-refractivity contribution is -0.540. The van der Waals surface area contributed by atoms with Gasteiger partial charge in [0.05, 0.1) is 0 Å². The van der Waals surface area contributed by atoms with Gasteiger partial charge in [-0.25, -0.2) is 4.58 Å². The van der Waals surface area contributed by atoms with Crippen molar-refractivity contribution in [1.29, 1.82) is 0 Å². The first-order valence-electron chi connectivity index (χ1n) is 8.31. The van der Waals surface area contributed by atoms with Gasteiger partial charge in [-0.1, -0.05) is 19.9 Å². The molecule has 2 atom stereocenters. The lowest BCUT2D eigenvalue weighted by Crippen LogP contribution is -3.00. The zero-order chi connectivity index (χ0) is 14.4. The molecule has 2 saturated heterocycles. The minimum Gasteiger partial charge on any atom is -1.00 e. The Morgan fingerprint density at radius 1 is 1.14 bits per heavy atom. The van der Waals surface area contributed by atoms with Gasteiger partial charge in [0.2, 0.25) is 0 Å². The molecular formula is C18H33ClN2O. The maximum Gasteiger partial charge on any atom is 0.166 e. The molecule has 2 unspecified atom stereocenters. The number of hydrogen-bond donors (Lipinski definition) is 0. The van der Waals surface area contributed by atoms with Crippen LogP contribution in [0.3, 0.4) is 0 Å². The largest absolute Gasteiger partial charge is 1.00 e. The highest BCUT2D eigenvalue weighted by molar-refractivity contribution is 5.73. The second kappa shape index (κ2) is 10.8. The van der Waals surface area contributed by atoms with Crippen LogP contribution in [0, 0.1) is 11.8 Å². The van der Waals surface area contributed by atoms with E-state index >= 15 is 0 Å². The van der Waals surface area contributed by atoms with Crippen molar-refractivity contribution in [3.63, 3.8) is 0 Å². The molecule has 2 fully saturated rings. The van der Waals surface area contributed by atoms with Gasteiger partial charge in [-0.2, -0.15) is 0 Å². The summed E-state index contributed by atoms with van der Waals surface area (Å²) in [6.45, 7) is 11.8. The maximum atomic E-state index is 2.48. The number of allylic oxidation sites excluding steroid dienone is 3. The van der Waals surface area contributed by atoms with Crippen LogP contribution in [0.15, 0.2) is 23.9 Å². The van der Waals surface area contributed by atoms with Crippen molar-refractivity contribution in [3.05, 3.63) is 23.9 Å². The fourth-order valence-corrected chi connectivity index (χ4v) is 3.35. The van der Waals surface area contributed by atoms with E-state index in [1.807, 2.05) is 0 Å². The van der Waals surface area contributed by atoms with E-state index in [1.54, 1.807) is 0 Å². The molecule has 0 amide bonds. The van der Waals surface area contributed by atoms with Gasteiger partial charge in [0.1, 0.15) is 13.1 Å². The first-order valence-corrected chi connectivity index (χ1v) is 8.31. The monoisotopic (exact) mass is 328 g/mol. The molecule has 0 radical (unpaired) electrons. The molecule has 2 heterocycles. The summed E-state index contributed by atoms with van der Waals surface area (Å²) in [5.41, 5.74) is 1.36. The van der Waals surface area contributed by atoms with E-state index in [4.69, 9.17) is 0 Å². The normalized spacial score (nSPS) is 28.4. The zero-order valence-electron chi connectivity index (χ0n) is 14.4. The highest BCUT2D eigenvalue weighted by Crippen LogP contribution is 2.15. The summed E-state index contributed by atoms with van der Waals surface area (Å²) >= 11 is 0. The van der Waals surface area contributed by atoms with Crippen LogP contribution in [-0.2, 0) is 0 Å². The third-order valence-electron chi connectivity index (χ3n) is 4.42. The third-order valence-corrected chi connectivity index (χ3v) is 4.42. The van der Waals surface area contributed by atoms with Gasteiger partial charge in [0.25, 0.3) is 0 Å². The molecule has 4 heteroatoms. The maximum absolute atomic E-state index is 2.48. The zero-order valence-corrected chi connectivity index (χ0v) is 15.1. The van der Waals surface area contributed by atoms with Crippen molar-refractivity contribution in [1.82, 2.24) is 4.90 Å². The number of rotatable bonds is 3. The van der Waals surface area contributed by atoms with E-state index < -0.39 is 0 Å². The van der Waals surface area contributed by atoms with E-state index in [0.29, 0.717) is 0 Å². The average molecular weight is 329 g/mol. The predicted octanol–water partition coefficient (Wildman–Crippen LogP) is -0.129. The second-order valence-electron chi connectivity index (χ2n) is 6.87. The van der Waals surface area contributed by atoms with Crippen molar-refractivity contribution in [3.8, 4) is 0 Å². The molecule has 0 aromatic rings. The van der Waals surface area contributed by atoms with Crippen molar-refractivity contribution in [2.45, 2.75) is 46.5 Å². The topological polar surface area (TPSA) is 37.8 Å². The van der Waals surface area contributed by atoms with Crippen molar-refractivity contribution in [2.75, 3.05) is 26.2 Å². The number of piperidine rings is 2. The van der Waals surface area contributed by atoms with Crippen molar-refractivity contribution in [2.24, 2.45) is 11.8 Å². The van der Waals surface area contributed by atoms with Gasteiger partial charge in [0.15, 0.2) is 6.21 Å². The molecule has 2 aliphatic rings. The Balaban J connectivity index is 0.00000220. The molecule has 22 heavy (non-hydrogen) atoms. The average Bonchev–Trinajstić information content (AvgIpc) is 2.38. The molecule has 0 aliphatic carbocycles. The summed E-state index contributed by atoms with van der Waals surface area (Å²) in [7, 11) is 0. The van der Waals surface area contributed by atoms with Crippen LogP contribution < -0.4 is 12.4 Å². The lowest BCUT2D eigenvalue weighted by atomic mass is 10.0. The summed E-state index contributed by atoms with van der Waals surface area (Å²) < 4.78 is 2.48. The number of likely N-dealkylation sites (tertiary alicyclic amines) is 1. The standard InChI is InChI=1S/C18H31N2.ClH.H2O/c1-16-7-4-10-19(13-16)11-5-8-17(2)14-20-12-6-9-18(3)15-20;;/h5,8,11,14,16,18H,4,6-7,9-10,12-13,15H2,1-3H3;1H;1H2/q+1;;/p-1. The highest BCUT2D eigenvalue weighted by Gasteiger charge is 2.17. The van der Waals surface area contributed by atoms with E-state index in [9.17, 15) is 0 Å². The summed E-state index contributed by atoms with van der Waals surface area (Å²) in [6.07, 6.45) is 14.5. The second-order valence-corrected chi connectivity index (χ2v) is 6.87. The Bertz CT molecular complexity index is 404. The Kier molecular flexibility index (Phi) is 10.5. The van der Waals surface area contributed by atoms with E-state index in [0.717, 1.165) is 11.8 Å². The Labute approximate surface area is 142 Å². The van der Waals surface area contributed by atoms with Crippen LogP contribution in [-0.4, -0.2) is 47.3 Å². The Hall–Kier alpha value is -0.800. The van der Waals surface area contributed by atoms with Crippen LogP contribution >= 0.6 is 0 Å². The molecule has 2 aliphatic heterocycles. The van der Waals surface area contributed by atoms with E-state index in [-0.39, 0.29) is 17.9 Å². The smallest absolute Gasteiger partial charge is 0.166 e. The third kappa shape index (κ3) is 7.46. The molecule has 0 aromatic carbocycles. The van der Waals surface area contributed by atoms with Gasteiger partial charge in [0, 0.05) is 31.0 Å². The van der Waals surface area contributed by atoms with Crippen LogP contribution in [0.25, 0.3) is 0 Å². The summed E-state index contributed by atoms with van der Waals surface area (Å²) in [6, 6.07) is 0. The Morgan fingerprint density at radius 2 is 1.86 bits per heavy atom. The molecule has 0 saturated carbocycles.